The third kappa shape index (κ3) is 28.3. The van der Waals surface area contributed by atoms with E-state index < -0.39 is 30.3 Å². The van der Waals surface area contributed by atoms with Crippen LogP contribution in [0, 0.1) is 11.5 Å². The van der Waals surface area contributed by atoms with Gasteiger partial charge in [-0.25, -0.2) is 5.06 Å². The fourth-order valence-corrected chi connectivity index (χ4v) is 3.91. The Morgan fingerprint density at radius 3 is 2.02 bits per heavy atom. The van der Waals surface area contributed by atoms with Gasteiger partial charge < -0.3 is 36.0 Å². The highest BCUT2D eigenvalue weighted by atomic mass is 16.5. The van der Waals surface area contributed by atoms with Crippen molar-refractivity contribution in [2.45, 2.75) is 123 Å². The molecule has 13 nitrogen and oxygen atoms in total. The molecule has 0 aliphatic heterocycles. The molecule has 4 unspecified atom stereocenters. The third-order valence-electron chi connectivity index (χ3n) is 6.94. The van der Waals surface area contributed by atoms with Crippen molar-refractivity contribution >= 4 is 12.3 Å². The van der Waals surface area contributed by atoms with Crippen LogP contribution >= 0.6 is 0 Å². The topological polar surface area (TPSA) is 202 Å². The number of aliphatic hydroxyl groups excluding tert-OH is 4. The van der Waals surface area contributed by atoms with Crippen LogP contribution in [0.1, 0.15) is 98.3 Å². The van der Waals surface area contributed by atoms with Gasteiger partial charge in [0.25, 0.3) is 0 Å². The Balaban J connectivity index is -0.00000239. The lowest BCUT2D eigenvalue weighted by Crippen LogP contribution is -2.40. The molecule has 46 heavy (non-hydrogen) atoms. The summed E-state index contributed by atoms with van der Waals surface area (Å²) in [5.74, 6) is -0.610. The van der Waals surface area contributed by atoms with E-state index in [4.69, 9.17) is 10.1 Å². The summed E-state index contributed by atoms with van der Waals surface area (Å²) in [6.07, 6.45) is 6.89. The number of hydrogen-bond acceptors (Lipinski definition) is 11. The number of unbranched alkanes of at least 4 members (excludes halogenated alkanes) is 4. The van der Waals surface area contributed by atoms with Gasteiger partial charge in [-0.15, -0.1) is 0 Å². The number of hydrogen-bond donors (Lipinski definition) is 8. The molecule has 13 heteroatoms. The molecule has 0 saturated heterocycles. The van der Waals surface area contributed by atoms with Crippen LogP contribution in [0.15, 0.2) is 36.8 Å². The first kappa shape index (κ1) is 47.3. The summed E-state index contributed by atoms with van der Waals surface area (Å²) in [5.41, 5.74) is 2.65. The molecule has 0 aromatic rings. The monoisotopic (exact) mass is 656 g/mol. The lowest BCUT2D eigenvalue weighted by molar-refractivity contribution is -0.171. The number of nitrogens with one attached hydrogen (secondary N) is 3. The summed E-state index contributed by atoms with van der Waals surface area (Å²) in [7, 11) is 2.07. The van der Waals surface area contributed by atoms with Crippen molar-refractivity contribution in [3.63, 3.8) is 0 Å². The van der Waals surface area contributed by atoms with E-state index in [2.05, 4.69) is 49.2 Å². The van der Waals surface area contributed by atoms with Crippen molar-refractivity contribution in [3.05, 3.63) is 36.8 Å². The Hall–Kier alpha value is -3.15. The van der Waals surface area contributed by atoms with Crippen molar-refractivity contribution in [3.8, 4) is 6.19 Å². The molecule has 0 aromatic carbocycles. The lowest BCUT2D eigenvalue weighted by Gasteiger charge is -2.23. The van der Waals surface area contributed by atoms with Crippen LogP contribution in [-0.4, -0.2) is 106 Å². The van der Waals surface area contributed by atoms with Gasteiger partial charge in [0.15, 0.2) is 6.19 Å². The van der Waals surface area contributed by atoms with Crippen molar-refractivity contribution in [1.29, 1.82) is 5.26 Å². The van der Waals surface area contributed by atoms with Crippen LogP contribution in [0.25, 0.3) is 0 Å². The summed E-state index contributed by atoms with van der Waals surface area (Å²) in [6, 6.07) is 0. The maximum absolute atomic E-state index is 11.0. The SMILES string of the molecule is C=C(CCCCC(O)C(O)CNC(=C)CCC(=C)N(C)CCCCCC)NCCC(O)C(O)CN(O)C(C)=O.CC.N#CNC=O. The highest BCUT2D eigenvalue weighted by Crippen LogP contribution is 2.13. The van der Waals surface area contributed by atoms with Crippen LogP contribution in [0.3, 0.4) is 0 Å². The number of amides is 2. The quantitative estimate of drug-likeness (QED) is 0.0170. The molecular weight excluding hydrogens is 592 g/mol. The van der Waals surface area contributed by atoms with Crippen LogP contribution in [0.2, 0.25) is 0 Å². The molecular formula is C33H64N6O7. The van der Waals surface area contributed by atoms with Crippen LogP contribution in [0.4, 0.5) is 0 Å². The molecule has 8 N–H and O–H groups in total. The number of allylic oxidation sites excluding steroid dienone is 3. The summed E-state index contributed by atoms with van der Waals surface area (Å²) >= 11 is 0. The van der Waals surface area contributed by atoms with E-state index in [1.165, 1.54) is 31.9 Å². The highest BCUT2D eigenvalue weighted by Gasteiger charge is 2.20. The molecule has 0 rings (SSSR count). The van der Waals surface area contributed by atoms with Gasteiger partial charge in [0.2, 0.25) is 12.3 Å². The highest BCUT2D eigenvalue weighted by molar-refractivity contribution is 5.71. The first-order valence-corrected chi connectivity index (χ1v) is 16.3. The second kappa shape index (κ2) is 31.8. The van der Waals surface area contributed by atoms with Crippen LogP contribution in [0.5, 0.6) is 0 Å². The number of nitriles is 1. The van der Waals surface area contributed by atoms with Gasteiger partial charge in [-0.3, -0.25) is 20.1 Å². The molecule has 0 radical (unpaired) electrons. The first-order chi connectivity index (χ1) is 21.8. The molecule has 4 atom stereocenters. The zero-order chi connectivity index (χ0) is 35.9. The lowest BCUT2D eigenvalue weighted by atomic mass is 10.0. The number of hydroxylamine groups is 2. The zero-order valence-electron chi connectivity index (χ0n) is 29.0. The van der Waals surface area contributed by atoms with Crippen molar-refractivity contribution in [1.82, 2.24) is 25.9 Å². The number of carbonyl (C=O) groups excluding carboxylic acids is 2. The number of nitrogens with zero attached hydrogens (tertiary/aromatic N) is 3. The van der Waals surface area contributed by atoms with Gasteiger partial charge in [0, 0.05) is 50.7 Å². The minimum absolute atomic E-state index is 0.221. The Bertz CT molecular complexity index is 868. The summed E-state index contributed by atoms with van der Waals surface area (Å²) in [5, 5.41) is 65.5. The van der Waals surface area contributed by atoms with E-state index in [1.54, 1.807) is 5.32 Å². The van der Waals surface area contributed by atoms with Gasteiger partial charge in [0.1, 0.15) is 0 Å². The second-order valence-electron chi connectivity index (χ2n) is 10.8. The molecule has 0 heterocycles. The summed E-state index contributed by atoms with van der Waals surface area (Å²) < 4.78 is 0. The standard InChI is InChI=1S/C29H56N4O6.C2H2N2O.C2H6/c1-7-8-9-12-19-32(6)24(4)16-15-23(3)31-20-28(37)26(35)14-11-10-13-22(2)30-18-17-27(36)29(38)21-33(39)25(5)34;3-1-4-2-5;1-2/h26-31,35-39H,2-4,7-21H2,1,5-6H3;2H,(H,4,5);1-2H3. The van der Waals surface area contributed by atoms with Gasteiger partial charge in [-0.2, -0.15) is 5.26 Å². The van der Waals surface area contributed by atoms with Gasteiger partial charge in [-0.1, -0.05) is 66.2 Å². The smallest absolute Gasteiger partial charge is 0.242 e. The number of aliphatic hydroxyl groups is 4. The van der Waals surface area contributed by atoms with Crippen LogP contribution < -0.4 is 16.0 Å². The van der Waals surface area contributed by atoms with E-state index >= 15 is 0 Å². The van der Waals surface area contributed by atoms with Crippen molar-refractivity contribution in [2.75, 3.05) is 33.2 Å². The average Bonchev–Trinajstić information content (AvgIpc) is 3.03. The van der Waals surface area contributed by atoms with Gasteiger partial charge >= 0.3 is 0 Å². The third-order valence-corrected chi connectivity index (χ3v) is 6.94. The summed E-state index contributed by atoms with van der Waals surface area (Å²) in [4.78, 5) is 22.3. The normalized spacial score (nSPS) is 12.6. The van der Waals surface area contributed by atoms with Crippen LogP contribution in [-0.2, 0) is 9.59 Å². The Morgan fingerprint density at radius 1 is 0.870 bits per heavy atom. The molecule has 2 amide bonds. The molecule has 0 spiro atoms. The molecule has 268 valence electrons. The number of rotatable bonds is 26. The predicted octanol–water partition coefficient (Wildman–Crippen LogP) is 2.87. The minimum atomic E-state index is -1.25. The van der Waals surface area contributed by atoms with E-state index in [-0.39, 0.29) is 19.5 Å². The molecule has 0 aliphatic carbocycles. The maximum Gasteiger partial charge on any atom is 0.242 e. The van der Waals surface area contributed by atoms with Gasteiger partial charge in [0.05, 0.1) is 31.0 Å². The van der Waals surface area contributed by atoms with E-state index in [1.807, 2.05) is 13.8 Å². The summed E-state index contributed by atoms with van der Waals surface area (Å²) in [6.45, 7) is 20.8. The predicted molar refractivity (Wildman–Crippen MR) is 182 cm³/mol. The second-order valence-corrected chi connectivity index (χ2v) is 10.8. The molecule has 0 aromatic heterocycles. The Kier molecular flexibility index (Phi) is 32.7. The minimum Gasteiger partial charge on any atom is -0.390 e. The zero-order valence-corrected chi connectivity index (χ0v) is 29.0. The average molecular weight is 657 g/mol. The molecule has 0 bridgehead atoms. The number of carbonyl (C=O) groups is 2. The largest absolute Gasteiger partial charge is 0.390 e. The van der Waals surface area contributed by atoms with Gasteiger partial charge in [-0.05, 0) is 44.9 Å². The molecule has 0 aliphatic rings. The molecule has 0 saturated carbocycles. The van der Waals surface area contributed by atoms with E-state index in [9.17, 15) is 30.4 Å². The Labute approximate surface area is 277 Å². The Morgan fingerprint density at radius 2 is 1.48 bits per heavy atom. The fourth-order valence-electron chi connectivity index (χ4n) is 3.91. The fraction of sp³-hybridized carbons (Fsp3) is 0.727. The van der Waals surface area contributed by atoms with Crippen molar-refractivity contribution in [2.24, 2.45) is 0 Å². The van der Waals surface area contributed by atoms with E-state index in [0.29, 0.717) is 37.3 Å². The van der Waals surface area contributed by atoms with Crippen molar-refractivity contribution < 1.29 is 35.2 Å². The first-order valence-electron chi connectivity index (χ1n) is 16.3. The maximum atomic E-state index is 11.0. The van der Waals surface area contributed by atoms with E-state index in [0.717, 1.165) is 49.8 Å². The molecule has 0 fully saturated rings.